The van der Waals surface area contributed by atoms with E-state index in [9.17, 15) is 23.0 Å². The number of aliphatic hydroxyl groups excluding tert-OH is 2. The lowest BCUT2D eigenvalue weighted by molar-refractivity contribution is 0.102. The molecule has 0 saturated carbocycles. The second kappa shape index (κ2) is 13.1. The van der Waals surface area contributed by atoms with Crippen LogP contribution in [0.4, 0.5) is 15.1 Å². The molecule has 2 aromatic rings. The van der Waals surface area contributed by atoms with Crippen LogP contribution in [0.3, 0.4) is 0 Å². The number of anilines is 1. The van der Waals surface area contributed by atoms with Crippen LogP contribution in [0.25, 0.3) is 17.3 Å². The fourth-order valence-corrected chi connectivity index (χ4v) is 3.31. The van der Waals surface area contributed by atoms with Gasteiger partial charge in [-0.1, -0.05) is 32.9 Å². The van der Waals surface area contributed by atoms with E-state index in [1.807, 2.05) is 20.8 Å². The van der Waals surface area contributed by atoms with Crippen LogP contribution in [0.15, 0.2) is 30.3 Å². The molecule has 1 aromatic carbocycles. The minimum Gasteiger partial charge on any atom is -0.450 e. The summed E-state index contributed by atoms with van der Waals surface area (Å²) in [7, 11) is -2.23. The third kappa shape index (κ3) is 9.59. The fourth-order valence-electron chi connectivity index (χ4n) is 2.93. The molecule has 0 aliphatic heterocycles. The van der Waals surface area contributed by atoms with Gasteiger partial charge in [0.2, 0.25) is 16.0 Å². The van der Waals surface area contributed by atoms with E-state index in [2.05, 4.69) is 9.97 Å². The predicted octanol–water partition coefficient (Wildman–Crippen LogP) is 3.56. The first-order chi connectivity index (χ1) is 16.2. The summed E-state index contributed by atoms with van der Waals surface area (Å²) in [6.45, 7) is 5.65. The van der Waals surface area contributed by atoms with Crippen molar-refractivity contribution in [1.29, 1.82) is 0 Å². The highest BCUT2D eigenvalue weighted by Crippen LogP contribution is 2.31. The molecule has 4 N–H and O–H groups in total. The topological polar surface area (TPSA) is 161 Å². The van der Waals surface area contributed by atoms with E-state index in [4.69, 9.17) is 15.0 Å². The Kier molecular flexibility index (Phi) is 11.2. The number of hydrogen-bond donors (Lipinski definition) is 4. The van der Waals surface area contributed by atoms with Gasteiger partial charge in [-0.25, -0.2) is 31.9 Å². The first-order valence-corrected chi connectivity index (χ1v) is 12.6. The Morgan fingerprint density at radius 2 is 1.69 bits per heavy atom. The summed E-state index contributed by atoms with van der Waals surface area (Å²) in [6.07, 6.45) is 1.66. The maximum atomic E-state index is 13.5. The predicted molar refractivity (Wildman–Crippen MR) is 131 cm³/mol. The van der Waals surface area contributed by atoms with Crippen molar-refractivity contribution in [3.63, 3.8) is 0 Å². The van der Waals surface area contributed by atoms with Gasteiger partial charge in [0.05, 0.1) is 29.9 Å². The molecule has 194 valence electrons. The Bertz CT molecular complexity index is 1120. The number of rotatable bonds is 9. The van der Waals surface area contributed by atoms with Crippen molar-refractivity contribution in [3.8, 4) is 11.3 Å². The van der Waals surface area contributed by atoms with Gasteiger partial charge in [-0.15, -0.1) is 0 Å². The third-order valence-corrected chi connectivity index (χ3v) is 6.04. The molecule has 2 rings (SSSR count). The molecule has 0 saturated heterocycles. The Morgan fingerprint density at radius 1 is 1.14 bits per heavy atom. The molecule has 1 aromatic heterocycles. The molecule has 0 unspecified atom stereocenters. The smallest absolute Gasteiger partial charge is 0.450 e. The van der Waals surface area contributed by atoms with Crippen LogP contribution >= 0.6 is 0 Å². The van der Waals surface area contributed by atoms with Crippen LogP contribution in [0.1, 0.15) is 50.8 Å². The van der Waals surface area contributed by atoms with Crippen LogP contribution in [0.5, 0.6) is 0 Å². The monoisotopic (exact) mass is 513 g/mol. The molecule has 35 heavy (non-hydrogen) atoms. The molecule has 12 heteroatoms. The van der Waals surface area contributed by atoms with E-state index in [0.717, 1.165) is 10.6 Å². The molecule has 2 atom stereocenters. The minimum atomic E-state index is -3.60. The van der Waals surface area contributed by atoms with Crippen LogP contribution in [0.2, 0.25) is 0 Å². The van der Waals surface area contributed by atoms with Gasteiger partial charge < -0.3 is 20.4 Å². The molecule has 0 fully saturated rings. The average molecular weight is 514 g/mol. The highest BCUT2D eigenvalue weighted by Gasteiger charge is 2.22. The van der Waals surface area contributed by atoms with Crippen LogP contribution in [-0.4, -0.2) is 70.5 Å². The zero-order chi connectivity index (χ0) is 26.9. The van der Waals surface area contributed by atoms with Gasteiger partial charge >= 0.3 is 6.16 Å². The van der Waals surface area contributed by atoms with Crippen LogP contribution in [-0.2, 0) is 10.0 Å². The maximum Gasteiger partial charge on any atom is 0.503 e. The van der Waals surface area contributed by atoms with E-state index in [0.29, 0.717) is 28.9 Å². The highest BCUT2D eigenvalue weighted by molar-refractivity contribution is 7.92. The Hall–Kier alpha value is -3.09. The molecule has 0 radical (unpaired) electrons. The first kappa shape index (κ1) is 29.9. The molecular formula is C23H32FN3O7S. The van der Waals surface area contributed by atoms with E-state index >= 15 is 0 Å². The van der Waals surface area contributed by atoms with E-state index < -0.39 is 34.2 Å². The third-order valence-electron chi connectivity index (χ3n) is 4.88. The number of aliphatic hydroxyl groups is 2. The van der Waals surface area contributed by atoms with Crippen molar-refractivity contribution in [3.05, 3.63) is 47.4 Å². The second-order valence-electron chi connectivity index (χ2n) is 8.07. The standard InChI is InChI=1S/C22H30FN3O4S.CH2O3/c1-6-17(27)13-18(28)11-12-19-20(14(2)3)24-22(26(4)31(5,29)30)25-21(19)15-7-9-16(23)10-8-15;2-1(3)4/h7-12,14,17-18,27-28H,6,13H2,1-5H3;(H2,2,3,4)/b12-11+;/t17-,18-;/m1./s1. The summed E-state index contributed by atoms with van der Waals surface area (Å²) in [4.78, 5) is 17.5. The number of halogens is 1. The molecule has 1 heterocycles. The van der Waals surface area contributed by atoms with E-state index in [1.165, 1.54) is 19.2 Å². The average Bonchev–Trinajstić information content (AvgIpc) is 2.76. The van der Waals surface area contributed by atoms with Crippen molar-refractivity contribution in [2.75, 3.05) is 17.6 Å². The largest absolute Gasteiger partial charge is 0.503 e. The number of aromatic nitrogens is 2. The van der Waals surface area contributed by atoms with Crippen LogP contribution < -0.4 is 4.31 Å². The Balaban J connectivity index is 0.00000142. The lowest BCUT2D eigenvalue weighted by atomic mass is 9.97. The summed E-state index contributed by atoms with van der Waals surface area (Å²) >= 11 is 0. The number of carboxylic acid groups (broad SMARTS) is 2. The number of hydrogen-bond acceptors (Lipinski definition) is 7. The van der Waals surface area contributed by atoms with E-state index in [1.54, 1.807) is 24.3 Å². The SMILES string of the molecule is CC[C@@H](O)C[C@H](O)/C=C/c1c(-c2ccc(F)cc2)nc(N(C)S(C)(=O)=O)nc1C(C)C.O=C(O)O. The highest BCUT2D eigenvalue weighted by atomic mass is 32.2. The zero-order valence-corrected chi connectivity index (χ0v) is 21.1. The Labute approximate surface area is 204 Å². The first-order valence-electron chi connectivity index (χ1n) is 10.7. The summed E-state index contributed by atoms with van der Waals surface area (Å²) in [5.74, 6) is -0.493. The van der Waals surface area contributed by atoms with Gasteiger partial charge in [0.25, 0.3) is 0 Å². The molecule has 0 aliphatic carbocycles. The second-order valence-corrected chi connectivity index (χ2v) is 10.1. The molecule has 0 bridgehead atoms. The van der Waals surface area contributed by atoms with Gasteiger partial charge in [0.1, 0.15) is 5.82 Å². The number of sulfonamides is 1. The minimum absolute atomic E-state index is 0.00429. The number of carbonyl (C=O) groups is 1. The van der Waals surface area contributed by atoms with Gasteiger partial charge in [-0.05, 0) is 36.6 Å². The van der Waals surface area contributed by atoms with Gasteiger partial charge in [-0.2, -0.15) is 0 Å². The summed E-state index contributed by atoms with van der Waals surface area (Å²) in [6, 6.07) is 5.71. The van der Waals surface area contributed by atoms with Gasteiger partial charge in [0.15, 0.2) is 0 Å². The van der Waals surface area contributed by atoms with Crippen molar-refractivity contribution < 1.29 is 38.0 Å². The summed E-state index contributed by atoms with van der Waals surface area (Å²) < 4.78 is 38.6. The summed E-state index contributed by atoms with van der Waals surface area (Å²) in [5.41, 5.74) is 2.18. The van der Waals surface area contributed by atoms with Crippen LogP contribution in [0, 0.1) is 5.82 Å². The Morgan fingerprint density at radius 3 is 2.14 bits per heavy atom. The maximum absolute atomic E-state index is 13.5. The molecule has 0 aliphatic rings. The van der Waals surface area contributed by atoms with Crippen molar-refractivity contribution in [2.45, 2.75) is 51.7 Å². The van der Waals surface area contributed by atoms with Gasteiger partial charge in [0, 0.05) is 24.6 Å². The summed E-state index contributed by atoms with van der Waals surface area (Å²) in [5, 5.41) is 34.0. The zero-order valence-electron chi connectivity index (χ0n) is 20.3. The molecule has 0 amide bonds. The molecular weight excluding hydrogens is 481 g/mol. The quantitative estimate of drug-likeness (QED) is 0.393. The number of benzene rings is 1. The molecule has 0 spiro atoms. The van der Waals surface area contributed by atoms with Crippen molar-refractivity contribution in [1.82, 2.24) is 9.97 Å². The molecule has 10 nitrogen and oxygen atoms in total. The fraction of sp³-hybridized carbons (Fsp3) is 0.435. The number of nitrogens with zero attached hydrogens (tertiary/aromatic N) is 3. The van der Waals surface area contributed by atoms with E-state index in [-0.39, 0.29) is 18.3 Å². The van der Waals surface area contributed by atoms with Crippen molar-refractivity contribution in [2.24, 2.45) is 0 Å². The lowest BCUT2D eigenvalue weighted by Gasteiger charge is -2.20. The normalized spacial score (nSPS) is 13.3. The van der Waals surface area contributed by atoms with Gasteiger partial charge in [-0.3, -0.25) is 0 Å². The van der Waals surface area contributed by atoms with Crippen molar-refractivity contribution >= 4 is 28.2 Å². The lowest BCUT2D eigenvalue weighted by Crippen LogP contribution is -2.27.